The van der Waals surface area contributed by atoms with Crippen molar-refractivity contribution in [2.24, 2.45) is 0 Å². The normalized spacial score (nSPS) is 16.3. The third-order valence-corrected chi connectivity index (χ3v) is 5.55. The van der Waals surface area contributed by atoms with Crippen LogP contribution in [-0.4, -0.2) is 37.7 Å². The van der Waals surface area contributed by atoms with Crippen molar-refractivity contribution < 1.29 is 13.7 Å². The summed E-state index contributed by atoms with van der Waals surface area (Å²) in [5.41, 5.74) is 3.12. The lowest BCUT2D eigenvalue weighted by Gasteiger charge is -2.16. The van der Waals surface area contributed by atoms with E-state index in [1.54, 1.807) is 11.0 Å². The average Bonchev–Trinajstić information content (AvgIpc) is 3.51. The van der Waals surface area contributed by atoms with Crippen LogP contribution in [0.4, 0.5) is 4.39 Å². The van der Waals surface area contributed by atoms with E-state index in [-0.39, 0.29) is 23.3 Å². The number of H-pyrrole nitrogens is 1. The van der Waals surface area contributed by atoms with Crippen LogP contribution in [0, 0.1) is 5.82 Å². The van der Waals surface area contributed by atoms with Gasteiger partial charge in [-0.2, -0.15) is 10.1 Å². The van der Waals surface area contributed by atoms with E-state index in [9.17, 15) is 9.18 Å². The van der Waals surface area contributed by atoms with E-state index in [1.807, 2.05) is 36.4 Å². The van der Waals surface area contributed by atoms with Gasteiger partial charge in [-0.3, -0.25) is 9.89 Å². The molecule has 1 amide bonds. The Morgan fingerprint density at radius 1 is 1.19 bits per heavy atom. The fraction of sp³-hybridized carbons (Fsp3) is 0.182. The molecule has 1 fully saturated rings. The Bertz CT molecular complexity index is 1240. The van der Waals surface area contributed by atoms with Crippen molar-refractivity contribution in [2.75, 3.05) is 6.54 Å². The lowest BCUT2D eigenvalue weighted by Crippen LogP contribution is -2.24. The molecule has 0 bridgehead atoms. The van der Waals surface area contributed by atoms with Gasteiger partial charge in [-0.15, -0.1) is 0 Å². The highest BCUT2D eigenvalue weighted by Gasteiger charge is 2.34. The van der Waals surface area contributed by atoms with Crippen molar-refractivity contribution in [1.82, 2.24) is 25.2 Å². The number of carbonyl (C=O) groups is 1. The van der Waals surface area contributed by atoms with Crippen molar-refractivity contribution in [2.45, 2.75) is 18.9 Å². The van der Waals surface area contributed by atoms with Crippen LogP contribution < -0.4 is 0 Å². The highest BCUT2D eigenvalue weighted by atomic mass is 35.5. The predicted molar refractivity (Wildman–Crippen MR) is 112 cm³/mol. The second kappa shape index (κ2) is 7.96. The first-order chi connectivity index (χ1) is 15.1. The van der Waals surface area contributed by atoms with Crippen LogP contribution in [0.3, 0.4) is 0 Å². The third-order valence-electron chi connectivity index (χ3n) is 5.26. The van der Waals surface area contributed by atoms with Crippen LogP contribution in [0.2, 0.25) is 5.02 Å². The van der Waals surface area contributed by atoms with E-state index in [2.05, 4.69) is 20.3 Å². The molecule has 1 saturated heterocycles. The van der Waals surface area contributed by atoms with E-state index in [4.69, 9.17) is 16.1 Å². The summed E-state index contributed by atoms with van der Waals surface area (Å²) >= 11 is 5.84. The molecule has 1 atom stereocenters. The van der Waals surface area contributed by atoms with Crippen molar-refractivity contribution in [3.63, 3.8) is 0 Å². The minimum absolute atomic E-state index is 0.0234. The van der Waals surface area contributed by atoms with E-state index in [0.29, 0.717) is 30.5 Å². The monoisotopic (exact) mass is 437 g/mol. The number of halogens is 2. The van der Waals surface area contributed by atoms with Gasteiger partial charge in [0.1, 0.15) is 11.5 Å². The molecule has 156 valence electrons. The van der Waals surface area contributed by atoms with Crippen LogP contribution >= 0.6 is 11.6 Å². The molecule has 0 saturated carbocycles. The van der Waals surface area contributed by atoms with E-state index < -0.39 is 5.82 Å². The van der Waals surface area contributed by atoms with Gasteiger partial charge in [-0.1, -0.05) is 53.2 Å². The number of aromatic amines is 1. The molecule has 5 rings (SSSR count). The number of aromatic nitrogens is 4. The molecule has 0 radical (unpaired) electrons. The molecule has 2 aromatic carbocycles. The Balaban J connectivity index is 1.29. The lowest BCUT2D eigenvalue weighted by atomic mass is 10.1. The zero-order valence-corrected chi connectivity index (χ0v) is 17.0. The number of rotatable bonds is 5. The summed E-state index contributed by atoms with van der Waals surface area (Å²) in [6.45, 7) is 0.798. The first-order valence-corrected chi connectivity index (χ1v) is 10.1. The lowest BCUT2D eigenvalue weighted by molar-refractivity contribution is -0.128. The number of nitrogens with zero attached hydrogens (tertiary/aromatic N) is 4. The zero-order valence-electron chi connectivity index (χ0n) is 16.3. The first kappa shape index (κ1) is 19.4. The molecule has 31 heavy (non-hydrogen) atoms. The maximum atomic E-state index is 13.4. The molecule has 9 heteroatoms. The van der Waals surface area contributed by atoms with Crippen molar-refractivity contribution >= 4 is 17.5 Å². The largest absolute Gasteiger partial charge is 0.338 e. The number of likely N-dealkylation sites (tertiary alicyclic amines) is 1. The van der Waals surface area contributed by atoms with Crippen LogP contribution in [0.25, 0.3) is 22.8 Å². The Kier molecular flexibility index (Phi) is 4.99. The van der Waals surface area contributed by atoms with E-state index in [1.165, 1.54) is 12.1 Å². The smallest absolute Gasteiger partial charge is 0.275 e. The average molecular weight is 438 g/mol. The Labute approximate surface area is 181 Å². The molecule has 1 aliphatic heterocycles. The van der Waals surface area contributed by atoms with Crippen LogP contribution in [0.1, 0.15) is 23.7 Å². The molecule has 2 aromatic heterocycles. The third kappa shape index (κ3) is 3.94. The summed E-state index contributed by atoms with van der Waals surface area (Å²) in [6, 6.07) is 16.1. The quantitative estimate of drug-likeness (QED) is 0.498. The van der Waals surface area contributed by atoms with Gasteiger partial charge in [0.25, 0.3) is 5.89 Å². The number of hydrogen-bond donors (Lipinski definition) is 1. The summed E-state index contributed by atoms with van der Waals surface area (Å²) in [4.78, 5) is 18.6. The molecule has 1 unspecified atom stereocenters. The van der Waals surface area contributed by atoms with Crippen LogP contribution in [0.5, 0.6) is 0 Å². The fourth-order valence-corrected chi connectivity index (χ4v) is 3.86. The molecule has 0 spiro atoms. The number of carbonyl (C=O) groups excluding carboxylic acids is 1. The number of amides is 1. The molecule has 0 aliphatic carbocycles. The molecule has 4 aromatic rings. The Hall–Kier alpha value is -3.52. The van der Waals surface area contributed by atoms with Gasteiger partial charge in [-0.25, -0.2) is 4.39 Å². The van der Waals surface area contributed by atoms with E-state index in [0.717, 1.165) is 16.8 Å². The molecular formula is C22H17ClFN5O2. The molecule has 7 nitrogen and oxygen atoms in total. The van der Waals surface area contributed by atoms with Gasteiger partial charge < -0.3 is 9.42 Å². The zero-order chi connectivity index (χ0) is 21.4. The number of hydrogen-bond acceptors (Lipinski definition) is 5. The minimum atomic E-state index is -0.482. The van der Waals surface area contributed by atoms with Gasteiger partial charge in [-0.05, 0) is 23.8 Å². The maximum absolute atomic E-state index is 13.4. The number of benzene rings is 2. The topological polar surface area (TPSA) is 87.9 Å². The van der Waals surface area contributed by atoms with E-state index >= 15 is 0 Å². The van der Waals surface area contributed by atoms with Gasteiger partial charge in [0.05, 0.1) is 10.7 Å². The summed E-state index contributed by atoms with van der Waals surface area (Å²) in [5.74, 6) is 0.103. The summed E-state index contributed by atoms with van der Waals surface area (Å²) in [7, 11) is 0. The second-order valence-electron chi connectivity index (χ2n) is 7.41. The Morgan fingerprint density at radius 3 is 2.84 bits per heavy atom. The summed E-state index contributed by atoms with van der Waals surface area (Å²) in [6.07, 6.45) is 0.284. The van der Waals surface area contributed by atoms with Gasteiger partial charge in [0, 0.05) is 31.0 Å². The fourth-order valence-electron chi connectivity index (χ4n) is 3.65. The van der Waals surface area contributed by atoms with Gasteiger partial charge >= 0.3 is 0 Å². The summed E-state index contributed by atoms with van der Waals surface area (Å²) < 4.78 is 18.8. The maximum Gasteiger partial charge on any atom is 0.275 e. The van der Waals surface area contributed by atoms with Gasteiger partial charge in [0.2, 0.25) is 5.91 Å². The van der Waals surface area contributed by atoms with Crippen molar-refractivity contribution in [3.8, 4) is 22.8 Å². The second-order valence-corrected chi connectivity index (χ2v) is 7.82. The standard InChI is InChI=1S/C22H17ClFN5O2/c23-16-8-13(6-7-17(16)24)11-29-12-15(9-20(29)30)21-25-22(31-28-21)19-10-18(26-27-19)14-4-2-1-3-5-14/h1-8,10,15H,9,11-12H2,(H,26,27). The molecular weight excluding hydrogens is 421 g/mol. The minimum Gasteiger partial charge on any atom is -0.338 e. The van der Waals surface area contributed by atoms with Crippen molar-refractivity contribution in [1.29, 1.82) is 0 Å². The van der Waals surface area contributed by atoms with Crippen LogP contribution in [-0.2, 0) is 11.3 Å². The number of nitrogens with one attached hydrogen (secondary N) is 1. The highest BCUT2D eigenvalue weighted by Crippen LogP contribution is 2.30. The molecule has 3 heterocycles. The molecule has 1 aliphatic rings. The Morgan fingerprint density at radius 2 is 2.03 bits per heavy atom. The highest BCUT2D eigenvalue weighted by molar-refractivity contribution is 6.30. The predicted octanol–water partition coefficient (Wildman–Crippen LogP) is 4.44. The SMILES string of the molecule is O=C1CC(c2noc(-c3cc(-c4ccccc4)n[nH]3)n2)CN1Cc1ccc(F)c(Cl)c1. The molecule has 1 N–H and O–H groups in total. The first-order valence-electron chi connectivity index (χ1n) is 9.73. The van der Waals surface area contributed by atoms with Crippen LogP contribution in [0.15, 0.2) is 59.1 Å². The van der Waals surface area contributed by atoms with Gasteiger partial charge in [0.15, 0.2) is 5.82 Å². The summed E-state index contributed by atoms with van der Waals surface area (Å²) in [5, 5.41) is 11.3. The van der Waals surface area contributed by atoms with Crippen molar-refractivity contribution in [3.05, 3.63) is 76.8 Å².